The molecule has 1 aromatic heterocycles. The molecule has 3 heteroatoms. The SMILES string of the molecule is CCCc1ccc(-c2cc(NC3CC3)ncn2)cc1. The summed E-state index contributed by atoms with van der Waals surface area (Å²) in [6.45, 7) is 2.20. The van der Waals surface area contributed by atoms with Gasteiger partial charge in [-0.2, -0.15) is 0 Å². The average Bonchev–Trinajstić information content (AvgIpc) is 3.24. The monoisotopic (exact) mass is 253 g/mol. The standard InChI is InChI=1S/C16H19N3/c1-2-3-12-4-6-13(7-5-12)15-10-16(18-11-17-15)19-14-8-9-14/h4-7,10-11,14H,2-3,8-9H2,1H3,(H,17,18,19). The first kappa shape index (κ1) is 12.2. The number of anilines is 1. The van der Waals surface area contributed by atoms with Crippen LogP contribution >= 0.6 is 0 Å². The fourth-order valence-electron chi connectivity index (χ4n) is 2.16. The van der Waals surface area contributed by atoms with Crippen LogP contribution in [0.25, 0.3) is 11.3 Å². The highest BCUT2D eigenvalue weighted by Gasteiger charge is 2.21. The van der Waals surface area contributed by atoms with Crippen LogP contribution in [0.15, 0.2) is 36.7 Å². The lowest BCUT2D eigenvalue weighted by atomic mass is 10.1. The van der Waals surface area contributed by atoms with E-state index in [9.17, 15) is 0 Å². The molecule has 1 aliphatic carbocycles. The Morgan fingerprint density at radius 2 is 1.95 bits per heavy atom. The predicted molar refractivity (Wildman–Crippen MR) is 78.1 cm³/mol. The lowest BCUT2D eigenvalue weighted by Gasteiger charge is -2.06. The van der Waals surface area contributed by atoms with Gasteiger partial charge in [0, 0.05) is 17.7 Å². The van der Waals surface area contributed by atoms with Crippen LogP contribution in [0.5, 0.6) is 0 Å². The molecule has 0 radical (unpaired) electrons. The third-order valence-corrected chi connectivity index (χ3v) is 3.38. The number of aromatic nitrogens is 2. The van der Waals surface area contributed by atoms with Gasteiger partial charge in [0.1, 0.15) is 12.1 Å². The maximum absolute atomic E-state index is 4.36. The largest absolute Gasteiger partial charge is 0.367 e. The highest BCUT2D eigenvalue weighted by Crippen LogP contribution is 2.25. The molecular formula is C16H19N3. The summed E-state index contributed by atoms with van der Waals surface area (Å²) in [6.07, 6.45) is 6.47. The van der Waals surface area contributed by atoms with Gasteiger partial charge in [-0.15, -0.1) is 0 Å². The Morgan fingerprint density at radius 1 is 1.16 bits per heavy atom. The average molecular weight is 253 g/mol. The maximum Gasteiger partial charge on any atom is 0.130 e. The molecular weight excluding hydrogens is 234 g/mol. The van der Waals surface area contributed by atoms with Gasteiger partial charge in [0.2, 0.25) is 0 Å². The Bertz CT molecular complexity index is 544. The molecule has 1 aliphatic rings. The molecule has 0 amide bonds. The highest BCUT2D eigenvalue weighted by molar-refractivity contribution is 5.62. The van der Waals surface area contributed by atoms with Gasteiger partial charge in [-0.1, -0.05) is 37.6 Å². The summed E-state index contributed by atoms with van der Waals surface area (Å²) in [5.74, 6) is 0.935. The van der Waals surface area contributed by atoms with E-state index < -0.39 is 0 Å². The van der Waals surface area contributed by atoms with E-state index in [1.807, 2.05) is 6.07 Å². The first-order chi connectivity index (χ1) is 9.35. The van der Waals surface area contributed by atoms with Crippen LogP contribution < -0.4 is 5.32 Å². The fourth-order valence-corrected chi connectivity index (χ4v) is 2.16. The molecule has 0 bridgehead atoms. The normalized spacial score (nSPS) is 14.4. The topological polar surface area (TPSA) is 37.8 Å². The summed E-state index contributed by atoms with van der Waals surface area (Å²) in [5, 5.41) is 3.41. The molecule has 1 N–H and O–H groups in total. The van der Waals surface area contributed by atoms with Crippen molar-refractivity contribution in [2.24, 2.45) is 0 Å². The fraction of sp³-hybridized carbons (Fsp3) is 0.375. The van der Waals surface area contributed by atoms with E-state index in [1.54, 1.807) is 6.33 Å². The zero-order valence-electron chi connectivity index (χ0n) is 11.3. The minimum absolute atomic E-state index is 0.620. The van der Waals surface area contributed by atoms with Gasteiger partial charge in [-0.3, -0.25) is 0 Å². The summed E-state index contributed by atoms with van der Waals surface area (Å²) in [4.78, 5) is 8.63. The van der Waals surface area contributed by atoms with Gasteiger partial charge in [-0.25, -0.2) is 9.97 Å². The Morgan fingerprint density at radius 3 is 2.63 bits per heavy atom. The van der Waals surface area contributed by atoms with Crippen molar-refractivity contribution in [3.05, 3.63) is 42.2 Å². The summed E-state index contributed by atoms with van der Waals surface area (Å²) >= 11 is 0. The van der Waals surface area contributed by atoms with E-state index in [4.69, 9.17) is 0 Å². The Kier molecular flexibility index (Phi) is 3.45. The zero-order chi connectivity index (χ0) is 13.1. The van der Waals surface area contributed by atoms with Crippen LogP contribution in [0.4, 0.5) is 5.82 Å². The molecule has 1 fully saturated rings. The van der Waals surface area contributed by atoms with Crippen molar-refractivity contribution in [1.82, 2.24) is 9.97 Å². The number of rotatable bonds is 5. The molecule has 1 aromatic carbocycles. The third kappa shape index (κ3) is 3.11. The second-order valence-corrected chi connectivity index (χ2v) is 5.15. The van der Waals surface area contributed by atoms with Crippen molar-refractivity contribution in [3.8, 4) is 11.3 Å². The highest BCUT2D eigenvalue weighted by atomic mass is 15.1. The molecule has 1 heterocycles. The van der Waals surface area contributed by atoms with Crippen LogP contribution in [0.3, 0.4) is 0 Å². The van der Waals surface area contributed by atoms with Crippen molar-refractivity contribution in [2.75, 3.05) is 5.32 Å². The minimum atomic E-state index is 0.620. The molecule has 0 aliphatic heterocycles. The molecule has 19 heavy (non-hydrogen) atoms. The molecule has 0 atom stereocenters. The van der Waals surface area contributed by atoms with Gasteiger partial charge in [0.25, 0.3) is 0 Å². The van der Waals surface area contributed by atoms with Gasteiger partial charge in [-0.05, 0) is 24.8 Å². The van der Waals surface area contributed by atoms with Crippen molar-refractivity contribution < 1.29 is 0 Å². The summed E-state index contributed by atoms with van der Waals surface area (Å²) in [5.41, 5.74) is 3.53. The van der Waals surface area contributed by atoms with E-state index in [2.05, 4.69) is 46.5 Å². The number of nitrogens with zero attached hydrogens (tertiary/aromatic N) is 2. The van der Waals surface area contributed by atoms with E-state index in [0.29, 0.717) is 6.04 Å². The van der Waals surface area contributed by atoms with Crippen LogP contribution in [0.1, 0.15) is 31.7 Å². The van der Waals surface area contributed by atoms with E-state index in [1.165, 1.54) is 24.8 Å². The van der Waals surface area contributed by atoms with E-state index in [-0.39, 0.29) is 0 Å². The lowest BCUT2D eigenvalue weighted by Crippen LogP contribution is -2.03. The number of hydrogen-bond acceptors (Lipinski definition) is 3. The Balaban J connectivity index is 1.79. The van der Waals surface area contributed by atoms with E-state index in [0.717, 1.165) is 23.5 Å². The van der Waals surface area contributed by atoms with Crippen LogP contribution in [0, 0.1) is 0 Å². The summed E-state index contributed by atoms with van der Waals surface area (Å²) < 4.78 is 0. The first-order valence-electron chi connectivity index (χ1n) is 7.03. The van der Waals surface area contributed by atoms with Crippen LogP contribution in [-0.4, -0.2) is 16.0 Å². The lowest BCUT2D eigenvalue weighted by molar-refractivity contribution is 0.922. The zero-order valence-corrected chi connectivity index (χ0v) is 11.3. The number of aryl methyl sites for hydroxylation is 1. The molecule has 2 aromatic rings. The number of nitrogens with one attached hydrogen (secondary N) is 1. The summed E-state index contributed by atoms with van der Waals surface area (Å²) in [6, 6.07) is 11.3. The number of benzene rings is 1. The first-order valence-corrected chi connectivity index (χ1v) is 7.03. The van der Waals surface area contributed by atoms with Crippen LogP contribution in [0.2, 0.25) is 0 Å². The van der Waals surface area contributed by atoms with Crippen molar-refractivity contribution in [3.63, 3.8) is 0 Å². The quantitative estimate of drug-likeness (QED) is 0.883. The molecule has 0 spiro atoms. The molecule has 3 nitrogen and oxygen atoms in total. The summed E-state index contributed by atoms with van der Waals surface area (Å²) in [7, 11) is 0. The molecule has 0 saturated heterocycles. The second-order valence-electron chi connectivity index (χ2n) is 5.15. The van der Waals surface area contributed by atoms with Crippen molar-refractivity contribution in [2.45, 2.75) is 38.6 Å². The maximum atomic E-state index is 4.36. The number of hydrogen-bond donors (Lipinski definition) is 1. The molecule has 1 saturated carbocycles. The Hall–Kier alpha value is -1.90. The van der Waals surface area contributed by atoms with E-state index >= 15 is 0 Å². The molecule has 3 rings (SSSR count). The minimum Gasteiger partial charge on any atom is -0.367 e. The van der Waals surface area contributed by atoms with Gasteiger partial charge < -0.3 is 5.32 Å². The molecule has 0 unspecified atom stereocenters. The van der Waals surface area contributed by atoms with Crippen molar-refractivity contribution >= 4 is 5.82 Å². The van der Waals surface area contributed by atoms with Gasteiger partial charge in [0.15, 0.2) is 0 Å². The van der Waals surface area contributed by atoms with Crippen molar-refractivity contribution in [1.29, 1.82) is 0 Å². The second kappa shape index (κ2) is 5.39. The third-order valence-electron chi connectivity index (χ3n) is 3.38. The van der Waals surface area contributed by atoms with Crippen LogP contribution in [-0.2, 0) is 6.42 Å². The molecule has 98 valence electrons. The smallest absolute Gasteiger partial charge is 0.130 e. The predicted octanol–water partition coefficient (Wildman–Crippen LogP) is 3.67. The van der Waals surface area contributed by atoms with Gasteiger partial charge >= 0.3 is 0 Å². The Labute approximate surface area is 114 Å². The van der Waals surface area contributed by atoms with Gasteiger partial charge in [0.05, 0.1) is 5.69 Å².